The lowest BCUT2D eigenvalue weighted by atomic mass is 10.1. The third-order valence-corrected chi connectivity index (χ3v) is 6.61. The fraction of sp³-hybridized carbons (Fsp3) is 0.385. The van der Waals surface area contributed by atoms with Crippen LogP contribution in [-0.4, -0.2) is 42.2 Å². The number of hydrogen-bond acceptors (Lipinski definition) is 6. The largest absolute Gasteiger partial charge is 0.486 e. The van der Waals surface area contributed by atoms with E-state index in [0.717, 1.165) is 40.1 Å². The van der Waals surface area contributed by atoms with Gasteiger partial charge in [-0.25, -0.2) is 14.3 Å². The Balaban J connectivity index is 1.28. The molecule has 4 aromatic rings. The van der Waals surface area contributed by atoms with E-state index in [1.165, 1.54) is 12.8 Å². The zero-order valence-electron chi connectivity index (χ0n) is 19.7. The van der Waals surface area contributed by atoms with Gasteiger partial charge in [0.05, 0.1) is 24.1 Å². The molecular weight excluding hydrogens is 428 g/mol. The van der Waals surface area contributed by atoms with Crippen molar-refractivity contribution in [2.24, 2.45) is 5.92 Å². The zero-order chi connectivity index (χ0) is 23.2. The minimum absolute atomic E-state index is 0.129. The number of aromatic nitrogens is 6. The number of ether oxygens (including phenoxy) is 2. The molecule has 6 rings (SSSR count). The molecule has 1 saturated carbocycles. The van der Waals surface area contributed by atoms with Gasteiger partial charge in [0.15, 0.2) is 23.4 Å². The number of pyridine rings is 1. The van der Waals surface area contributed by atoms with E-state index in [4.69, 9.17) is 19.6 Å². The summed E-state index contributed by atoms with van der Waals surface area (Å²) in [5.41, 5.74) is 3.73. The van der Waals surface area contributed by atoms with E-state index >= 15 is 0 Å². The maximum Gasteiger partial charge on any atom is 0.200 e. The maximum absolute atomic E-state index is 6.20. The summed E-state index contributed by atoms with van der Waals surface area (Å²) in [6.45, 7) is 7.34. The fourth-order valence-corrected chi connectivity index (χ4v) is 4.62. The van der Waals surface area contributed by atoms with Gasteiger partial charge < -0.3 is 9.47 Å². The molecule has 3 aromatic heterocycles. The van der Waals surface area contributed by atoms with Crippen LogP contribution in [0.4, 0.5) is 0 Å². The lowest BCUT2D eigenvalue weighted by Crippen LogP contribution is -2.34. The predicted molar refractivity (Wildman–Crippen MR) is 127 cm³/mol. The molecular formula is C26H28N6O2. The summed E-state index contributed by atoms with van der Waals surface area (Å²) in [7, 11) is 0. The van der Waals surface area contributed by atoms with Crippen molar-refractivity contribution in [1.29, 1.82) is 0 Å². The highest BCUT2D eigenvalue weighted by Gasteiger charge is 2.34. The first-order valence-corrected chi connectivity index (χ1v) is 11.9. The molecule has 0 spiro atoms. The van der Waals surface area contributed by atoms with E-state index in [1.54, 1.807) is 0 Å². The van der Waals surface area contributed by atoms with E-state index in [-0.39, 0.29) is 6.10 Å². The van der Waals surface area contributed by atoms with E-state index in [1.807, 2.05) is 65.8 Å². The summed E-state index contributed by atoms with van der Waals surface area (Å²) in [4.78, 5) is 9.62. The summed E-state index contributed by atoms with van der Waals surface area (Å²) in [6, 6.07) is 13.8. The molecule has 0 amide bonds. The lowest BCUT2D eigenvalue weighted by Gasteiger charge is -2.27. The van der Waals surface area contributed by atoms with E-state index in [2.05, 4.69) is 23.1 Å². The Labute approximate surface area is 198 Å². The topological polar surface area (TPSA) is 79.9 Å². The molecule has 174 valence electrons. The summed E-state index contributed by atoms with van der Waals surface area (Å²) in [5.74, 6) is 4.20. The average molecular weight is 457 g/mol. The first-order chi connectivity index (χ1) is 16.5. The van der Waals surface area contributed by atoms with Crippen molar-refractivity contribution in [2.75, 3.05) is 6.61 Å². The smallest absolute Gasteiger partial charge is 0.200 e. The molecule has 0 saturated heterocycles. The molecule has 1 aliphatic heterocycles. The first-order valence-electron chi connectivity index (χ1n) is 11.9. The third kappa shape index (κ3) is 3.93. The zero-order valence-corrected chi connectivity index (χ0v) is 19.7. The van der Waals surface area contributed by atoms with Crippen LogP contribution >= 0.6 is 0 Å². The van der Waals surface area contributed by atoms with Gasteiger partial charge in [-0.2, -0.15) is 5.10 Å². The van der Waals surface area contributed by atoms with E-state index in [0.29, 0.717) is 30.8 Å². The van der Waals surface area contributed by atoms with Gasteiger partial charge in [0.1, 0.15) is 18.1 Å². The minimum Gasteiger partial charge on any atom is -0.486 e. The van der Waals surface area contributed by atoms with Crippen LogP contribution in [0.3, 0.4) is 0 Å². The molecule has 0 bridgehead atoms. The number of rotatable bonds is 6. The Morgan fingerprint density at radius 2 is 1.88 bits per heavy atom. The van der Waals surface area contributed by atoms with Crippen molar-refractivity contribution in [2.45, 2.75) is 52.2 Å². The van der Waals surface area contributed by atoms with Crippen LogP contribution in [0.15, 0.2) is 48.7 Å². The van der Waals surface area contributed by atoms with Gasteiger partial charge in [0, 0.05) is 11.6 Å². The Hall–Kier alpha value is -3.68. The molecule has 0 N–H and O–H groups in total. The normalized spacial score (nSPS) is 18.1. The number of hydrogen-bond donors (Lipinski definition) is 0. The van der Waals surface area contributed by atoms with E-state index < -0.39 is 0 Å². The van der Waals surface area contributed by atoms with Crippen LogP contribution in [0.5, 0.6) is 11.5 Å². The van der Waals surface area contributed by atoms with Gasteiger partial charge >= 0.3 is 0 Å². The lowest BCUT2D eigenvalue weighted by molar-refractivity contribution is 0.0748. The van der Waals surface area contributed by atoms with Gasteiger partial charge in [0.25, 0.3) is 0 Å². The average Bonchev–Trinajstić information content (AvgIpc) is 3.54. The van der Waals surface area contributed by atoms with Crippen molar-refractivity contribution in [3.63, 3.8) is 0 Å². The van der Waals surface area contributed by atoms with Crippen molar-refractivity contribution in [3.8, 4) is 28.7 Å². The Morgan fingerprint density at radius 3 is 2.59 bits per heavy atom. The molecule has 1 aromatic carbocycles. The second kappa shape index (κ2) is 8.27. The molecule has 34 heavy (non-hydrogen) atoms. The molecule has 2 aliphatic rings. The van der Waals surface area contributed by atoms with Gasteiger partial charge in [-0.05, 0) is 62.9 Å². The summed E-state index contributed by atoms with van der Waals surface area (Å²) in [6.07, 6.45) is 4.19. The standard InChI is InChI=1S/C26H28N6O2/c1-16-12-17(2)32(29-16)20-10-11-22(27-13-20)25-28-26(18(3)19-8-9-19)31(30-25)14-21-15-33-23-6-4-5-7-24(23)34-21/h4-7,10-13,18-19,21H,8-9,14-15H2,1-3H3. The molecule has 4 heterocycles. The van der Waals surface area contributed by atoms with Crippen LogP contribution < -0.4 is 9.47 Å². The molecule has 0 radical (unpaired) electrons. The Bertz CT molecular complexity index is 1320. The number of aryl methyl sites for hydroxylation is 2. The number of fused-ring (bicyclic) bond motifs is 1. The van der Waals surface area contributed by atoms with Crippen LogP contribution in [0.1, 0.15) is 42.9 Å². The van der Waals surface area contributed by atoms with Crippen molar-refractivity contribution >= 4 is 0 Å². The monoisotopic (exact) mass is 456 g/mol. The fourth-order valence-electron chi connectivity index (χ4n) is 4.62. The minimum atomic E-state index is -0.129. The third-order valence-electron chi connectivity index (χ3n) is 6.61. The van der Waals surface area contributed by atoms with Gasteiger partial charge in [-0.3, -0.25) is 4.98 Å². The van der Waals surface area contributed by atoms with Crippen molar-refractivity contribution < 1.29 is 9.47 Å². The highest BCUT2D eigenvalue weighted by atomic mass is 16.6. The van der Waals surface area contributed by atoms with Gasteiger partial charge in [-0.15, -0.1) is 5.10 Å². The summed E-state index contributed by atoms with van der Waals surface area (Å²) in [5, 5.41) is 9.42. The first kappa shape index (κ1) is 20.9. The molecule has 1 aliphatic carbocycles. The van der Waals surface area contributed by atoms with Gasteiger partial charge in [0.2, 0.25) is 0 Å². The van der Waals surface area contributed by atoms with Crippen LogP contribution in [-0.2, 0) is 6.54 Å². The number of nitrogens with zero attached hydrogens (tertiary/aromatic N) is 6. The molecule has 2 unspecified atom stereocenters. The van der Waals surface area contributed by atoms with E-state index in [9.17, 15) is 0 Å². The molecule has 8 nitrogen and oxygen atoms in total. The molecule has 1 fully saturated rings. The number of para-hydroxylation sites is 2. The van der Waals surface area contributed by atoms with Crippen molar-refractivity contribution in [1.82, 2.24) is 29.5 Å². The second-order valence-electron chi connectivity index (χ2n) is 9.34. The summed E-state index contributed by atoms with van der Waals surface area (Å²) >= 11 is 0. The number of benzene rings is 1. The summed E-state index contributed by atoms with van der Waals surface area (Å²) < 4.78 is 16.0. The maximum atomic E-state index is 6.20. The second-order valence-corrected chi connectivity index (χ2v) is 9.34. The quantitative estimate of drug-likeness (QED) is 0.425. The highest BCUT2D eigenvalue weighted by Crippen LogP contribution is 2.42. The highest BCUT2D eigenvalue weighted by molar-refractivity contribution is 5.51. The van der Waals surface area contributed by atoms with Crippen LogP contribution in [0, 0.1) is 19.8 Å². The van der Waals surface area contributed by atoms with Crippen LogP contribution in [0.2, 0.25) is 0 Å². The SMILES string of the molecule is Cc1cc(C)n(-c2ccc(-c3nc(C(C)C4CC4)n(CC4COc5ccccc5O4)n3)nc2)n1. The predicted octanol–water partition coefficient (Wildman–Crippen LogP) is 4.50. The molecule has 2 atom stereocenters. The van der Waals surface area contributed by atoms with Gasteiger partial charge in [-0.1, -0.05) is 19.1 Å². The van der Waals surface area contributed by atoms with Crippen LogP contribution in [0.25, 0.3) is 17.2 Å². The molecule has 8 heteroatoms. The Morgan fingerprint density at radius 1 is 1.06 bits per heavy atom. The van der Waals surface area contributed by atoms with Crippen molar-refractivity contribution in [3.05, 3.63) is 65.9 Å². The Kier molecular flexibility index (Phi) is 5.08.